The first-order valence-electron chi connectivity index (χ1n) is 6.76. The number of aryl methyl sites for hydroxylation is 1. The topological polar surface area (TPSA) is 44.1 Å². The highest BCUT2D eigenvalue weighted by molar-refractivity contribution is 6.01. The van der Waals surface area contributed by atoms with Gasteiger partial charge in [0.05, 0.1) is 0 Å². The molecule has 1 aromatic heterocycles. The van der Waals surface area contributed by atoms with Crippen molar-refractivity contribution in [3.63, 3.8) is 0 Å². The molecule has 1 aliphatic carbocycles. The molecule has 0 spiro atoms. The minimum Gasteiger partial charge on any atom is -0.367 e. The maximum Gasteiger partial charge on any atom is 0.214 e. The molecule has 4 heteroatoms. The average molecular weight is 250 g/mol. The summed E-state index contributed by atoms with van der Waals surface area (Å²) in [4.78, 5) is 12.7. The molecule has 100 valence electrons. The summed E-state index contributed by atoms with van der Waals surface area (Å²) in [5, 5.41) is 4.23. The maximum absolute atomic E-state index is 12.7. The van der Waals surface area contributed by atoms with Crippen LogP contribution in [0.15, 0.2) is 12.3 Å². The second kappa shape index (κ2) is 5.22. The first-order chi connectivity index (χ1) is 8.57. The van der Waals surface area contributed by atoms with E-state index in [1.165, 1.54) is 6.42 Å². The second-order valence-corrected chi connectivity index (χ2v) is 5.33. The molecule has 1 heterocycles. The quantitative estimate of drug-likeness (QED) is 0.771. The van der Waals surface area contributed by atoms with E-state index < -0.39 is 5.60 Å². The largest absolute Gasteiger partial charge is 0.367 e. The van der Waals surface area contributed by atoms with Crippen molar-refractivity contribution in [3.05, 3.63) is 18.0 Å². The number of carbonyl (C=O) groups excluding carboxylic acids is 1. The van der Waals surface area contributed by atoms with Gasteiger partial charge in [-0.25, -0.2) is 0 Å². The Morgan fingerprint density at radius 1 is 1.67 bits per heavy atom. The molecule has 0 aromatic carbocycles. The Balaban J connectivity index is 2.26. The Hall–Kier alpha value is -1.16. The van der Waals surface area contributed by atoms with Gasteiger partial charge in [0.2, 0.25) is 5.78 Å². The molecule has 1 fully saturated rings. The fourth-order valence-electron chi connectivity index (χ4n) is 2.95. The number of aromatic nitrogens is 2. The Labute approximate surface area is 108 Å². The number of ketones is 1. The molecule has 0 amide bonds. The molecule has 4 nitrogen and oxygen atoms in total. The van der Waals surface area contributed by atoms with E-state index in [1.807, 2.05) is 14.0 Å². The molecule has 2 rings (SSSR count). The van der Waals surface area contributed by atoms with Gasteiger partial charge < -0.3 is 4.74 Å². The van der Waals surface area contributed by atoms with Crippen LogP contribution in [0.5, 0.6) is 0 Å². The van der Waals surface area contributed by atoms with Crippen molar-refractivity contribution in [2.75, 3.05) is 6.61 Å². The highest BCUT2D eigenvalue weighted by atomic mass is 16.5. The van der Waals surface area contributed by atoms with E-state index in [0.717, 1.165) is 19.3 Å². The fraction of sp³-hybridized carbons (Fsp3) is 0.714. The number of hydrogen-bond donors (Lipinski definition) is 0. The lowest BCUT2D eigenvalue weighted by Gasteiger charge is -2.37. The van der Waals surface area contributed by atoms with Crippen LogP contribution >= 0.6 is 0 Å². The zero-order valence-corrected chi connectivity index (χ0v) is 11.5. The van der Waals surface area contributed by atoms with Crippen LogP contribution in [0.3, 0.4) is 0 Å². The lowest BCUT2D eigenvalue weighted by molar-refractivity contribution is -0.0514. The van der Waals surface area contributed by atoms with Gasteiger partial charge in [0.1, 0.15) is 11.3 Å². The number of rotatable bonds is 4. The van der Waals surface area contributed by atoms with Gasteiger partial charge in [0.15, 0.2) is 0 Å². The molecule has 0 aliphatic heterocycles. The van der Waals surface area contributed by atoms with Crippen molar-refractivity contribution in [3.8, 4) is 0 Å². The second-order valence-electron chi connectivity index (χ2n) is 5.33. The Bertz CT molecular complexity index is 423. The van der Waals surface area contributed by atoms with Gasteiger partial charge in [-0.1, -0.05) is 13.3 Å². The molecule has 1 aromatic rings. The maximum atomic E-state index is 12.7. The van der Waals surface area contributed by atoms with Crippen molar-refractivity contribution >= 4 is 5.78 Å². The predicted molar refractivity (Wildman–Crippen MR) is 69.5 cm³/mol. The van der Waals surface area contributed by atoms with Crippen LogP contribution in [0.4, 0.5) is 0 Å². The SMILES string of the molecule is CCOC1(C(=O)c2ccn(C)n2)CCCC(C)C1. The van der Waals surface area contributed by atoms with Crippen molar-refractivity contribution in [1.82, 2.24) is 9.78 Å². The predicted octanol–water partition coefficient (Wildman–Crippen LogP) is 2.59. The standard InChI is InChI=1S/C14H22N2O2/c1-4-18-14(8-5-6-11(2)10-14)13(17)12-7-9-16(3)15-12/h7,9,11H,4-6,8,10H2,1-3H3. The summed E-state index contributed by atoms with van der Waals surface area (Å²) < 4.78 is 7.53. The van der Waals surface area contributed by atoms with Gasteiger partial charge in [0.25, 0.3) is 0 Å². The molecule has 0 saturated heterocycles. The third kappa shape index (κ3) is 2.48. The minimum absolute atomic E-state index is 0.0523. The molecular weight excluding hydrogens is 228 g/mol. The monoisotopic (exact) mass is 250 g/mol. The highest BCUT2D eigenvalue weighted by Gasteiger charge is 2.43. The number of ether oxygens (including phenoxy) is 1. The molecule has 0 radical (unpaired) electrons. The van der Waals surface area contributed by atoms with Crippen molar-refractivity contribution in [1.29, 1.82) is 0 Å². The van der Waals surface area contributed by atoms with Crippen molar-refractivity contribution < 1.29 is 9.53 Å². The summed E-state index contributed by atoms with van der Waals surface area (Å²) in [5.41, 5.74) is -0.110. The van der Waals surface area contributed by atoms with Gasteiger partial charge in [-0.2, -0.15) is 5.10 Å². The zero-order valence-electron chi connectivity index (χ0n) is 11.5. The van der Waals surface area contributed by atoms with Crippen LogP contribution < -0.4 is 0 Å². The average Bonchev–Trinajstić information content (AvgIpc) is 2.75. The number of hydrogen-bond acceptors (Lipinski definition) is 3. The fourth-order valence-corrected chi connectivity index (χ4v) is 2.95. The van der Waals surface area contributed by atoms with Crippen LogP contribution in [-0.2, 0) is 11.8 Å². The van der Waals surface area contributed by atoms with E-state index in [2.05, 4.69) is 12.0 Å². The first kappa shape index (κ1) is 13.3. The Morgan fingerprint density at radius 3 is 3.00 bits per heavy atom. The summed E-state index contributed by atoms with van der Waals surface area (Å²) in [6, 6.07) is 1.78. The lowest BCUT2D eigenvalue weighted by atomic mass is 9.75. The van der Waals surface area contributed by atoms with Gasteiger partial charge in [0, 0.05) is 19.9 Å². The van der Waals surface area contributed by atoms with E-state index in [0.29, 0.717) is 18.2 Å². The van der Waals surface area contributed by atoms with Crippen LogP contribution in [0.2, 0.25) is 0 Å². The molecule has 18 heavy (non-hydrogen) atoms. The summed E-state index contributed by atoms with van der Waals surface area (Å²) >= 11 is 0. The Kier molecular flexibility index (Phi) is 3.85. The third-order valence-corrected chi connectivity index (χ3v) is 3.74. The van der Waals surface area contributed by atoms with Crippen LogP contribution in [-0.4, -0.2) is 27.8 Å². The summed E-state index contributed by atoms with van der Waals surface area (Å²) in [7, 11) is 1.83. The third-order valence-electron chi connectivity index (χ3n) is 3.74. The van der Waals surface area contributed by atoms with Crippen molar-refractivity contribution in [2.24, 2.45) is 13.0 Å². The number of carbonyl (C=O) groups is 1. The molecule has 1 saturated carbocycles. The summed E-state index contributed by atoms with van der Waals surface area (Å²) in [5.74, 6) is 0.592. The molecule has 0 N–H and O–H groups in total. The van der Waals surface area contributed by atoms with E-state index in [4.69, 9.17) is 4.74 Å². The summed E-state index contributed by atoms with van der Waals surface area (Å²) in [6.07, 6.45) is 5.68. The summed E-state index contributed by atoms with van der Waals surface area (Å²) in [6.45, 7) is 4.72. The first-order valence-corrected chi connectivity index (χ1v) is 6.76. The van der Waals surface area contributed by atoms with Gasteiger partial charge in [-0.3, -0.25) is 9.48 Å². The van der Waals surface area contributed by atoms with Crippen LogP contribution in [0.25, 0.3) is 0 Å². The smallest absolute Gasteiger partial charge is 0.214 e. The van der Waals surface area contributed by atoms with E-state index in [9.17, 15) is 4.79 Å². The molecule has 1 aliphatic rings. The van der Waals surface area contributed by atoms with Gasteiger partial charge >= 0.3 is 0 Å². The lowest BCUT2D eigenvalue weighted by Crippen LogP contribution is -2.45. The molecular formula is C14H22N2O2. The molecule has 2 unspecified atom stereocenters. The molecule has 2 atom stereocenters. The van der Waals surface area contributed by atoms with Crippen LogP contribution in [0, 0.1) is 5.92 Å². The molecule has 0 bridgehead atoms. The Morgan fingerprint density at radius 2 is 2.44 bits per heavy atom. The van der Waals surface area contributed by atoms with Crippen molar-refractivity contribution in [2.45, 2.75) is 45.1 Å². The minimum atomic E-state index is -0.638. The normalized spacial score (nSPS) is 28.3. The van der Waals surface area contributed by atoms with Gasteiger partial charge in [-0.15, -0.1) is 0 Å². The van der Waals surface area contributed by atoms with Crippen LogP contribution in [0.1, 0.15) is 50.0 Å². The number of Topliss-reactive ketones (excluding diaryl/α,β-unsaturated/α-hetero) is 1. The van der Waals surface area contributed by atoms with E-state index in [-0.39, 0.29) is 5.78 Å². The van der Waals surface area contributed by atoms with E-state index >= 15 is 0 Å². The van der Waals surface area contributed by atoms with E-state index in [1.54, 1.807) is 16.9 Å². The zero-order chi connectivity index (χ0) is 13.2. The van der Waals surface area contributed by atoms with Gasteiger partial charge in [-0.05, 0) is 38.2 Å². The highest BCUT2D eigenvalue weighted by Crippen LogP contribution is 2.37. The number of nitrogens with zero attached hydrogens (tertiary/aromatic N) is 2.